The average Bonchev–Trinajstić information content (AvgIpc) is 2.87. The van der Waals surface area contributed by atoms with Gasteiger partial charge in [0, 0.05) is 5.88 Å². The number of halogens is 1. The van der Waals surface area contributed by atoms with Crippen LogP contribution in [0.1, 0.15) is 18.4 Å². The van der Waals surface area contributed by atoms with Gasteiger partial charge in [0.15, 0.2) is 5.65 Å². The molecule has 3 rings (SSSR count). The molecule has 1 fully saturated rings. The van der Waals surface area contributed by atoms with E-state index in [1.54, 1.807) is 6.33 Å². The molecule has 84 valence electrons. The Kier molecular flexibility index (Phi) is 2.07. The summed E-state index contributed by atoms with van der Waals surface area (Å²) in [7, 11) is 0. The summed E-state index contributed by atoms with van der Waals surface area (Å²) in [6.45, 7) is 2.06. The van der Waals surface area contributed by atoms with Crippen molar-refractivity contribution in [1.82, 2.24) is 14.6 Å². The standard InChI is InChI=1S/C11H13ClN4/c1-8-4-9-13-7-14-16(9)10(5-8)15-11(6-12)2-3-11/h4-5,7,15H,2-3,6H2,1H3. The van der Waals surface area contributed by atoms with Crippen LogP contribution in [0.2, 0.25) is 0 Å². The SMILES string of the molecule is Cc1cc(NC2(CCl)CC2)n2ncnc2c1. The zero-order chi connectivity index (χ0) is 11.2. The van der Waals surface area contributed by atoms with Crippen molar-refractivity contribution in [2.24, 2.45) is 0 Å². The largest absolute Gasteiger partial charge is 0.363 e. The third-order valence-electron chi connectivity index (χ3n) is 3.03. The van der Waals surface area contributed by atoms with E-state index in [0.29, 0.717) is 5.88 Å². The molecule has 0 atom stereocenters. The van der Waals surface area contributed by atoms with Gasteiger partial charge in [-0.3, -0.25) is 0 Å². The predicted octanol–water partition coefficient (Wildman–Crippen LogP) is 2.22. The average molecular weight is 237 g/mol. The second-order valence-corrected chi connectivity index (χ2v) is 4.75. The second kappa shape index (κ2) is 3.35. The number of nitrogens with one attached hydrogen (secondary N) is 1. The van der Waals surface area contributed by atoms with Gasteiger partial charge in [0.05, 0.1) is 5.54 Å². The first-order valence-electron chi connectivity index (χ1n) is 5.37. The van der Waals surface area contributed by atoms with E-state index >= 15 is 0 Å². The Balaban J connectivity index is 2.05. The summed E-state index contributed by atoms with van der Waals surface area (Å²) in [5.74, 6) is 1.61. The lowest BCUT2D eigenvalue weighted by atomic mass is 10.2. The molecule has 0 aliphatic heterocycles. The Morgan fingerprint density at radius 1 is 1.50 bits per heavy atom. The predicted molar refractivity (Wildman–Crippen MR) is 64.0 cm³/mol. The summed E-state index contributed by atoms with van der Waals surface area (Å²) in [6, 6.07) is 4.09. The van der Waals surface area contributed by atoms with Gasteiger partial charge in [-0.2, -0.15) is 9.61 Å². The maximum Gasteiger partial charge on any atom is 0.157 e. The summed E-state index contributed by atoms with van der Waals surface area (Å²) in [5, 5.41) is 7.68. The molecule has 2 aromatic rings. The highest BCUT2D eigenvalue weighted by molar-refractivity contribution is 6.19. The maximum atomic E-state index is 5.96. The summed E-state index contributed by atoms with van der Waals surface area (Å²) in [5.41, 5.74) is 2.12. The lowest BCUT2D eigenvalue weighted by Gasteiger charge is -2.16. The summed E-state index contributed by atoms with van der Waals surface area (Å²) in [6.07, 6.45) is 3.82. The Hall–Kier alpha value is -1.29. The molecule has 0 bridgehead atoms. The fraction of sp³-hybridized carbons (Fsp3) is 0.455. The first-order chi connectivity index (χ1) is 7.72. The van der Waals surface area contributed by atoms with Crippen LogP contribution in [-0.4, -0.2) is 26.0 Å². The topological polar surface area (TPSA) is 42.2 Å². The highest BCUT2D eigenvalue weighted by atomic mass is 35.5. The van der Waals surface area contributed by atoms with Crippen LogP contribution in [-0.2, 0) is 0 Å². The van der Waals surface area contributed by atoms with Crippen molar-refractivity contribution in [2.45, 2.75) is 25.3 Å². The van der Waals surface area contributed by atoms with Crippen LogP contribution in [0.5, 0.6) is 0 Å². The van der Waals surface area contributed by atoms with Gasteiger partial charge in [-0.15, -0.1) is 11.6 Å². The number of hydrogen-bond acceptors (Lipinski definition) is 3. The van der Waals surface area contributed by atoms with Crippen molar-refractivity contribution in [3.05, 3.63) is 24.0 Å². The Morgan fingerprint density at radius 3 is 3.00 bits per heavy atom. The first-order valence-corrected chi connectivity index (χ1v) is 5.90. The number of anilines is 1. The van der Waals surface area contributed by atoms with Crippen LogP contribution < -0.4 is 5.32 Å². The van der Waals surface area contributed by atoms with Crippen LogP contribution in [0.3, 0.4) is 0 Å². The van der Waals surface area contributed by atoms with Gasteiger partial charge in [0.25, 0.3) is 0 Å². The van der Waals surface area contributed by atoms with Crippen molar-refractivity contribution in [3.63, 3.8) is 0 Å². The number of aromatic nitrogens is 3. The molecule has 1 aliphatic carbocycles. The monoisotopic (exact) mass is 236 g/mol. The maximum absolute atomic E-state index is 5.96. The quantitative estimate of drug-likeness (QED) is 0.831. The molecule has 0 unspecified atom stereocenters. The van der Waals surface area contributed by atoms with Gasteiger partial charge in [0.2, 0.25) is 0 Å². The van der Waals surface area contributed by atoms with Gasteiger partial charge >= 0.3 is 0 Å². The van der Waals surface area contributed by atoms with Crippen LogP contribution in [0.4, 0.5) is 5.82 Å². The number of rotatable bonds is 3. The number of pyridine rings is 1. The van der Waals surface area contributed by atoms with Crippen LogP contribution >= 0.6 is 11.6 Å². The summed E-state index contributed by atoms with van der Waals surface area (Å²) >= 11 is 5.96. The Bertz CT molecular complexity index is 530. The van der Waals surface area contributed by atoms with Crippen molar-refractivity contribution in [3.8, 4) is 0 Å². The van der Waals surface area contributed by atoms with E-state index in [4.69, 9.17) is 11.6 Å². The smallest absolute Gasteiger partial charge is 0.157 e. The molecule has 2 aromatic heterocycles. The van der Waals surface area contributed by atoms with Gasteiger partial charge in [-0.05, 0) is 37.5 Å². The second-order valence-electron chi connectivity index (χ2n) is 4.49. The van der Waals surface area contributed by atoms with E-state index in [2.05, 4.69) is 28.4 Å². The normalized spacial score (nSPS) is 17.6. The molecule has 0 radical (unpaired) electrons. The zero-order valence-electron chi connectivity index (χ0n) is 9.07. The number of fused-ring (bicyclic) bond motifs is 1. The molecule has 4 nitrogen and oxygen atoms in total. The van der Waals surface area contributed by atoms with E-state index in [1.807, 2.05) is 10.6 Å². The molecule has 1 saturated carbocycles. The number of hydrogen-bond donors (Lipinski definition) is 1. The van der Waals surface area contributed by atoms with Crippen LogP contribution in [0.15, 0.2) is 18.5 Å². The van der Waals surface area contributed by atoms with E-state index in [-0.39, 0.29) is 5.54 Å². The fourth-order valence-corrected chi connectivity index (χ4v) is 2.19. The molecule has 0 aromatic carbocycles. The number of aryl methyl sites for hydroxylation is 1. The van der Waals surface area contributed by atoms with Gasteiger partial charge in [-0.1, -0.05) is 0 Å². The first kappa shape index (κ1) is 9.90. The molecular weight excluding hydrogens is 224 g/mol. The van der Waals surface area contributed by atoms with E-state index in [9.17, 15) is 0 Å². The van der Waals surface area contributed by atoms with Gasteiger partial charge < -0.3 is 5.32 Å². The van der Waals surface area contributed by atoms with Crippen molar-refractivity contribution < 1.29 is 0 Å². The summed E-state index contributed by atoms with van der Waals surface area (Å²) < 4.78 is 1.82. The van der Waals surface area contributed by atoms with E-state index in [0.717, 1.165) is 24.3 Å². The minimum absolute atomic E-state index is 0.0776. The highest BCUT2D eigenvalue weighted by Gasteiger charge is 2.42. The molecule has 2 heterocycles. The molecule has 5 heteroatoms. The Morgan fingerprint density at radius 2 is 2.31 bits per heavy atom. The van der Waals surface area contributed by atoms with Gasteiger partial charge in [0.1, 0.15) is 12.1 Å². The molecule has 0 amide bonds. The van der Waals surface area contributed by atoms with Crippen LogP contribution in [0.25, 0.3) is 5.65 Å². The third kappa shape index (κ3) is 1.53. The molecule has 0 saturated heterocycles. The zero-order valence-corrected chi connectivity index (χ0v) is 9.83. The van der Waals surface area contributed by atoms with Crippen LogP contribution in [0, 0.1) is 6.92 Å². The van der Waals surface area contributed by atoms with Crippen molar-refractivity contribution in [2.75, 3.05) is 11.2 Å². The number of nitrogens with zero attached hydrogens (tertiary/aromatic N) is 3. The van der Waals surface area contributed by atoms with Crippen molar-refractivity contribution >= 4 is 23.1 Å². The summed E-state index contributed by atoms with van der Waals surface area (Å²) in [4.78, 5) is 4.20. The lowest BCUT2D eigenvalue weighted by Crippen LogP contribution is -2.24. The molecule has 16 heavy (non-hydrogen) atoms. The van der Waals surface area contributed by atoms with E-state index in [1.165, 1.54) is 5.56 Å². The van der Waals surface area contributed by atoms with Gasteiger partial charge in [-0.25, -0.2) is 4.98 Å². The minimum atomic E-state index is 0.0776. The fourth-order valence-electron chi connectivity index (χ4n) is 1.86. The third-order valence-corrected chi connectivity index (χ3v) is 3.54. The van der Waals surface area contributed by atoms with Crippen molar-refractivity contribution in [1.29, 1.82) is 0 Å². The highest BCUT2D eigenvalue weighted by Crippen LogP contribution is 2.39. The lowest BCUT2D eigenvalue weighted by molar-refractivity contribution is 0.809. The minimum Gasteiger partial charge on any atom is -0.363 e. The molecule has 0 spiro atoms. The molecular formula is C11H13ClN4. The Labute approximate surface area is 98.6 Å². The molecule has 1 aliphatic rings. The molecule has 1 N–H and O–H groups in total. The van der Waals surface area contributed by atoms with E-state index < -0.39 is 0 Å². The number of alkyl halides is 1.